The average molecular weight is 241 g/mol. The number of carboxylic acids is 1. The number of carbonyl (C=O) groups excluding carboxylic acids is 1. The second-order valence-electron chi connectivity index (χ2n) is 4.09. The molecule has 1 rings (SSSR count). The Kier molecular flexibility index (Phi) is 4.19. The fourth-order valence-corrected chi connectivity index (χ4v) is 1.04. The number of ether oxygens (including phenoxy) is 1. The number of esters is 1. The highest BCUT2D eigenvalue weighted by molar-refractivity contribution is 5.84. The lowest BCUT2D eigenvalue weighted by atomic mass is 10.2. The Bertz CT molecular complexity index is 413. The molecule has 1 atom stereocenters. The van der Waals surface area contributed by atoms with Gasteiger partial charge in [0, 0.05) is 0 Å². The number of carboxylic acid groups (broad SMARTS) is 1. The zero-order valence-corrected chi connectivity index (χ0v) is 9.95. The number of aromatic carboxylic acids is 1. The molecule has 1 aromatic rings. The van der Waals surface area contributed by atoms with Crippen LogP contribution in [-0.2, 0) is 9.53 Å². The minimum absolute atomic E-state index is 0.200. The van der Waals surface area contributed by atoms with Crippen LogP contribution in [-0.4, -0.2) is 38.6 Å². The summed E-state index contributed by atoms with van der Waals surface area (Å²) in [6.07, 6.45) is 1.20. The van der Waals surface area contributed by atoms with Crippen LogP contribution in [0.5, 0.6) is 0 Å². The summed E-state index contributed by atoms with van der Waals surface area (Å²) in [6, 6.07) is -0.686. The Labute approximate surface area is 98.4 Å². The molecule has 0 aliphatic heterocycles. The lowest BCUT2D eigenvalue weighted by molar-refractivity contribution is -0.148. The van der Waals surface area contributed by atoms with E-state index >= 15 is 0 Å². The van der Waals surface area contributed by atoms with Crippen molar-refractivity contribution in [2.75, 3.05) is 6.61 Å². The van der Waals surface area contributed by atoms with Gasteiger partial charge in [0.15, 0.2) is 5.69 Å². The van der Waals surface area contributed by atoms with Gasteiger partial charge in [-0.15, -0.1) is 5.10 Å². The van der Waals surface area contributed by atoms with Gasteiger partial charge in [-0.1, -0.05) is 19.1 Å². The molecule has 0 aliphatic carbocycles. The van der Waals surface area contributed by atoms with Crippen molar-refractivity contribution >= 4 is 11.9 Å². The van der Waals surface area contributed by atoms with Gasteiger partial charge in [0.05, 0.1) is 12.8 Å². The highest BCUT2D eigenvalue weighted by Crippen LogP contribution is 2.08. The van der Waals surface area contributed by atoms with Gasteiger partial charge >= 0.3 is 11.9 Å². The first-order valence-electron chi connectivity index (χ1n) is 5.23. The van der Waals surface area contributed by atoms with Crippen molar-refractivity contribution in [3.05, 3.63) is 11.9 Å². The van der Waals surface area contributed by atoms with E-state index in [9.17, 15) is 9.59 Å². The van der Waals surface area contributed by atoms with E-state index in [1.54, 1.807) is 6.92 Å². The molecule has 1 N–H and O–H groups in total. The molecular weight excluding hydrogens is 226 g/mol. The predicted octanol–water partition coefficient (Wildman–Crippen LogP) is 0.736. The largest absolute Gasteiger partial charge is 0.476 e. The molecule has 0 fully saturated rings. The van der Waals surface area contributed by atoms with Crippen molar-refractivity contribution in [1.82, 2.24) is 15.0 Å². The minimum Gasteiger partial charge on any atom is -0.476 e. The Morgan fingerprint density at radius 1 is 1.47 bits per heavy atom. The van der Waals surface area contributed by atoms with E-state index in [-0.39, 0.29) is 11.6 Å². The molecule has 0 spiro atoms. The average Bonchev–Trinajstić information content (AvgIpc) is 2.73. The number of carbonyl (C=O) groups is 2. The monoisotopic (exact) mass is 241 g/mol. The molecule has 17 heavy (non-hydrogen) atoms. The van der Waals surface area contributed by atoms with Gasteiger partial charge in [-0.05, 0) is 12.8 Å². The van der Waals surface area contributed by atoms with Crippen LogP contribution in [0.3, 0.4) is 0 Å². The van der Waals surface area contributed by atoms with Crippen LogP contribution in [0.4, 0.5) is 0 Å². The topological polar surface area (TPSA) is 94.3 Å². The molecule has 0 amide bonds. The number of aromatic nitrogens is 3. The van der Waals surface area contributed by atoms with Crippen molar-refractivity contribution in [3.8, 4) is 0 Å². The van der Waals surface area contributed by atoms with E-state index in [1.165, 1.54) is 10.9 Å². The summed E-state index contributed by atoms with van der Waals surface area (Å²) < 4.78 is 6.19. The second kappa shape index (κ2) is 5.42. The van der Waals surface area contributed by atoms with E-state index in [4.69, 9.17) is 9.84 Å². The van der Waals surface area contributed by atoms with Crippen molar-refractivity contribution in [2.45, 2.75) is 26.8 Å². The normalized spacial score (nSPS) is 12.5. The minimum atomic E-state index is -1.18. The van der Waals surface area contributed by atoms with Crippen LogP contribution in [0.2, 0.25) is 0 Å². The molecule has 1 unspecified atom stereocenters. The second-order valence-corrected chi connectivity index (χ2v) is 4.09. The summed E-state index contributed by atoms with van der Waals surface area (Å²) in [6.45, 7) is 5.75. The Morgan fingerprint density at radius 2 is 2.12 bits per heavy atom. The molecule has 1 aromatic heterocycles. The summed E-state index contributed by atoms with van der Waals surface area (Å²) in [4.78, 5) is 22.2. The van der Waals surface area contributed by atoms with E-state index < -0.39 is 18.0 Å². The Morgan fingerprint density at radius 3 is 2.59 bits per heavy atom. The van der Waals surface area contributed by atoms with Crippen LogP contribution in [0, 0.1) is 5.92 Å². The molecule has 0 saturated heterocycles. The van der Waals surface area contributed by atoms with Gasteiger partial charge in [0.25, 0.3) is 0 Å². The van der Waals surface area contributed by atoms with Gasteiger partial charge in [0.2, 0.25) is 0 Å². The maximum atomic E-state index is 11.6. The third kappa shape index (κ3) is 3.54. The van der Waals surface area contributed by atoms with Crippen LogP contribution >= 0.6 is 0 Å². The fraction of sp³-hybridized carbons (Fsp3) is 0.600. The van der Waals surface area contributed by atoms with E-state index in [0.29, 0.717) is 6.61 Å². The molecule has 1 heterocycles. The number of rotatable bonds is 5. The zero-order chi connectivity index (χ0) is 13.0. The highest BCUT2D eigenvalue weighted by atomic mass is 16.5. The number of hydrogen-bond donors (Lipinski definition) is 1. The maximum Gasteiger partial charge on any atom is 0.358 e. The molecule has 94 valence electrons. The molecule has 7 heteroatoms. The van der Waals surface area contributed by atoms with Crippen LogP contribution in [0.25, 0.3) is 0 Å². The summed E-state index contributed by atoms with van der Waals surface area (Å²) >= 11 is 0. The van der Waals surface area contributed by atoms with E-state index in [1.807, 2.05) is 13.8 Å². The smallest absolute Gasteiger partial charge is 0.358 e. The predicted molar refractivity (Wildman–Crippen MR) is 57.5 cm³/mol. The van der Waals surface area contributed by atoms with Gasteiger partial charge in [-0.3, -0.25) is 0 Å². The van der Waals surface area contributed by atoms with Gasteiger partial charge < -0.3 is 9.84 Å². The third-order valence-corrected chi connectivity index (χ3v) is 2.03. The molecule has 7 nitrogen and oxygen atoms in total. The Balaban J connectivity index is 2.64. The summed E-state index contributed by atoms with van der Waals surface area (Å²) in [5.41, 5.74) is -0.200. The molecular formula is C10H15N3O4. The summed E-state index contributed by atoms with van der Waals surface area (Å²) in [5.74, 6) is -1.39. The summed E-state index contributed by atoms with van der Waals surface area (Å²) in [7, 11) is 0. The highest BCUT2D eigenvalue weighted by Gasteiger charge is 2.20. The molecule has 0 aliphatic rings. The molecule has 0 saturated carbocycles. The van der Waals surface area contributed by atoms with Gasteiger partial charge in [-0.25, -0.2) is 14.3 Å². The number of hydrogen-bond acceptors (Lipinski definition) is 5. The molecule has 0 aromatic carbocycles. The SMILES string of the molecule is CC(C)COC(=O)C(C)n1cc(C(=O)O)nn1. The fourth-order valence-electron chi connectivity index (χ4n) is 1.04. The zero-order valence-electron chi connectivity index (χ0n) is 9.95. The third-order valence-electron chi connectivity index (χ3n) is 2.03. The van der Waals surface area contributed by atoms with Crippen LogP contribution < -0.4 is 0 Å². The van der Waals surface area contributed by atoms with Crippen molar-refractivity contribution in [2.24, 2.45) is 5.92 Å². The first kappa shape index (κ1) is 13.1. The molecule has 0 bridgehead atoms. The lowest BCUT2D eigenvalue weighted by Crippen LogP contribution is -2.21. The molecule has 0 radical (unpaired) electrons. The standard InChI is InChI=1S/C10H15N3O4/c1-6(2)5-17-10(16)7(3)13-4-8(9(14)15)11-12-13/h4,6-7H,5H2,1-3H3,(H,14,15). The van der Waals surface area contributed by atoms with Crippen molar-refractivity contribution in [3.63, 3.8) is 0 Å². The first-order chi connectivity index (χ1) is 7.91. The van der Waals surface area contributed by atoms with Crippen molar-refractivity contribution < 1.29 is 19.4 Å². The van der Waals surface area contributed by atoms with Crippen LogP contribution in [0.15, 0.2) is 6.20 Å². The quantitative estimate of drug-likeness (QED) is 0.764. The number of nitrogens with zero attached hydrogens (tertiary/aromatic N) is 3. The van der Waals surface area contributed by atoms with Crippen molar-refractivity contribution in [1.29, 1.82) is 0 Å². The lowest BCUT2D eigenvalue weighted by Gasteiger charge is -2.12. The van der Waals surface area contributed by atoms with Gasteiger partial charge in [-0.2, -0.15) is 0 Å². The van der Waals surface area contributed by atoms with E-state index in [2.05, 4.69) is 10.3 Å². The first-order valence-corrected chi connectivity index (χ1v) is 5.23. The Hall–Kier alpha value is -1.92. The van der Waals surface area contributed by atoms with Crippen LogP contribution in [0.1, 0.15) is 37.3 Å². The maximum absolute atomic E-state index is 11.6. The van der Waals surface area contributed by atoms with Gasteiger partial charge in [0.1, 0.15) is 6.04 Å². The summed E-state index contributed by atoms with van der Waals surface area (Å²) in [5, 5.41) is 15.7. The van der Waals surface area contributed by atoms with E-state index in [0.717, 1.165) is 0 Å².